The maximum absolute atomic E-state index is 12.0. The van der Waals surface area contributed by atoms with Crippen LogP contribution in [0.15, 0.2) is 17.5 Å². The minimum absolute atomic E-state index is 0.292. The first kappa shape index (κ1) is 14.2. The van der Waals surface area contributed by atoms with E-state index in [1.807, 2.05) is 6.07 Å². The highest BCUT2D eigenvalue weighted by atomic mass is 32.1. The van der Waals surface area contributed by atoms with Crippen LogP contribution in [0.1, 0.15) is 30.5 Å². The Balaban J connectivity index is 2.35. The van der Waals surface area contributed by atoms with Crippen molar-refractivity contribution in [2.45, 2.75) is 6.92 Å². The van der Waals surface area contributed by atoms with Crippen molar-refractivity contribution >= 4 is 39.6 Å². The number of nitriles is 1. The molecule has 0 atom stereocenters. The van der Waals surface area contributed by atoms with Crippen LogP contribution in [0.5, 0.6) is 0 Å². The van der Waals surface area contributed by atoms with Crippen LogP contribution in [-0.4, -0.2) is 19.0 Å². The Kier molecular flexibility index (Phi) is 4.17. The molecule has 0 fully saturated rings. The SMILES string of the molecule is COC(=O)c1sc(NC(=O)c2cccs2)c(C#N)c1C. The lowest BCUT2D eigenvalue weighted by atomic mass is 10.2. The molecule has 2 aromatic rings. The average Bonchev–Trinajstić information content (AvgIpc) is 3.06. The molecule has 0 aliphatic carbocycles. The molecule has 2 aromatic heterocycles. The molecule has 0 saturated heterocycles. The van der Waals surface area contributed by atoms with E-state index in [0.717, 1.165) is 11.3 Å². The van der Waals surface area contributed by atoms with Crippen molar-refractivity contribution in [3.05, 3.63) is 38.4 Å². The molecule has 7 heteroatoms. The summed E-state index contributed by atoms with van der Waals surface area (Å²) in [6.07, 6.45) is 0. The summed E-state index contributed by atoms with van der Waals surface area (Å²) in [5, 5.41) is 14.0. The van der Waals surface area contributed by atoms with Gasteiger partial charge >= 0.3 is 5.97 Å². The molecule has 0 unspecified atom stereocenters. The van der Waals surface area contributed by atoms with Crippen molar-refractivity contribution in [3.63, 3.8) is 0 Å². The van der Waals surface area contributed by atoms with Crippen LogP contribution >= 0.6 is 22.7 Å². The number of amides is 1. The highest BCUT2D eigenvalue weighted by Crippen LogP contribution is 2.33. The van der Waals surface area contributed by atoms with Crippen LogP contribution in [0.3, 0.4) is 0 Å². The number of thiophene rings is 2. The number of hydrogen-bond acceptors (Lipinski definition) is 6. The van der Waals surface area contributed by atoms with Crippen molar-refractivity contribution < 1.29 is 14.3 Å². The van der Waals surface area contributed by atoms with Crippen molar-refractivity contribution in [1.82, 2.24) is 0 Å². The fourth-order valence-electron chi connectivity index (χ4n) is 1.60. The molecular weight excluding hydrogens is 296 g/mol. The van der Waals surface area contributed by atoms with Crippen molar-refractivity contribution in [1.29, 1.82) is 5.26 Å². The monoisotopic (exact) mass is 306 g/mol. The summed E-state index contributed by atoms with van der Waals surface area (Å²) in [5.74, 6) is -0.810. The quantitative estimate of drug-likeness (QED) is 0.884. The number of nitrogens with zero attached hydrogens (tertiary/aromatic N) is 1. The number of ether oxygens (including phenoxy) is 1. The topological polar surface area (TPSA) is 79.2 Å². The molecule has 0 bridgehead atoms. The summed E-state index contributed by atoms with van der Waals surface area (Å²) in [7, 11) is 1.28. The van der Waals surface area contributed by atoms with E-state index < -0.39 is 5.97 Å². The van der Waals surface area contributed by atoms with Gasteiger partial charge in [0, 0.05) is 0 Å². The molecule has 0 aliphatic heterocycles. The lowest BCUT2D eigenvalue weighted by Gasteiger charge is -2.00. The van der Waals surface area contributed by atoms with Gasteiger partial charge in [-0.3, -0.25) is 4.79 Å². The predicted molar refractivity (Wildman–Crippen MR) is 77.4 cm³/mol. The van der Waals surface area contributed by atoms with Crippen LogP contribution in [0.25, 0.3) is 0 Å². The van der Waals surface area contributed by atoms with Gasteiger partial charge in [0.25, 0.3) is 5.91 Å². The van der Waals surface area contributed by atoms with E-state index in [9.17, 15) is 9.59 Å². The number of carbonyl (C=O) groups excluding carboxylic acids is 2. The van der Waals surface area contributed by atoms with Crippen molar-refractivity contribution in [2.24, 2.45) is 0 Å². The number of esters is 1. The Hall–Kier alpha value is -2.17. The molecule has 0 aliphatic rings. The van der Waals surface area contributed by atoms with Gasteiger partial charge in [-0.1, -0.05) is 6.07 Å². The molecule has 0 saturated carbocycles. The van der Waals surface area contributed by atoms with Crippen LogP contribution in [-0.2, 0) is 4.74 Å². The third-order valence-corrected chi connectivity index (χ3v) is 4.66. The largest absolute Gasteiger partial charge is 0.465 e. The van der Waals surface area contributed by atoms with E-state index >= 15 is 0 Å². The first-order valence-electron chi connectivity index (χ1n) is 5.55. The normalized spacial score (nSPS) is 9.85. The van der Waals surface area contributed by atoms with Crippen LogP contribution in [0, 0.1) is 18.3 Å². The number of rotatable bonds is 3. The zero-order chi connectivity index (χ0) is 14.7. The minimum atomic E-state index is -0.513. The molecule has 1 N–H and O–H groups in total. The second-order valence-corrected chi connectivity index (χ2v) is 5.76. The lowest BCUT2D eigenvalue weighted by Crippen LogP contribution is -2.09. The number of methoxy groups -OCH3 is 1. The van der Waals surface area contributed by atoms with Gasteiger partial charge in [0.15, 0.2) is 0 Å². The zero-order valence-electron chi connectivity index (χ0n) is 10.7. The third-order valence-electron chi connectivity index (χ3n) is 2.60. The second kappa shape index (κ2) is 5.86. The van der Waals surface area contributed by atoms with Gasteiger partial charge in [0.2, 0.25) is 0 Å². The fourth-order valence-corrected chi connectivity index (χ4v) is 3.29. The van der Waals surface area contributed by atoms with Gasteiger partial charge in [-0.2, -0.15) is 5.26 Å². The molecule has 0 aromatic carbocycles. The Morgan fingerprint density at radius 1 is 1.45 bits per heavy atom. The Morgan fingerprint density at radius 3 is 2.75 bits per heavy atom. The smallest absolute Gasteiger partial charge is 0.348 e. The molecule has 1 amide bonds. The molecular formula is C13H10N2O3S2. The van der Waals surface area contributed by atoms with Crippen LogP contribution in [0.4, 0.5) is 5.00 Å². The maximum atomic E-state index is 12.0. The van der Waals surface area contributed by atoms with E-state index in [1.165, 1.54) is 18.4 Å². The Bertz CT molecular complexity index is 696. The first-order chi connectivity index (χ1) is 9.58. The lowest BCUT2D eigenvalue weighted by molar-refractivity contribution is 0.0605. The van der Waals surface area contributed by atoms with Gasteiger partial charge in [-0.15, -0.1) is 22.7 Å². The number of hydrogen-bond donors (Lipinski definition) is 1. The van der Waals surface area contributed by atoms with E-state index in [4.69, 9.17) is 5.26 Å². The highest BCUT2D eigenvalue weighted by molar-refractivity contribution is 7.18. The molecule has 0 radical (unpaired) electrons. The van der Waals surface area contributed by atoms with Gasteiger partial charge in [0.1, 0.15) is 15.9 Å². The Labute approximate surface area is 123 Å². The fraction of sp³-hybridized carbons (Fsp3) is 0.154. The molecule has 102 valence electrons. The summed E-state index contributed by atoms with van der Waals surface area (Å²) < 4.78 is 4.66. The maximum Gasteiger partial charge on any atom is 0.348 e. The molecule has 5 nitrogen and oxygen atoms in total. The number of nitrogens with one attached hydrogen (secondary N) is 1. The summed E-state index contributed by atoms with van der Waals surface area (Å²) in [5.41, 5.74) is 0.811. The van der Waals surface area contributed by atoms with Crippen LogP contribution < -0.4 is 5.32 Å². The van der Waals surface area contributed by atoms with Gasteiger partial charge in [-0.05, 0) is 23.9 Å². The number of carbonyl (C=O) groups is 2. The van der Waals surface area contributed by atoms with E-state index in [1.54, 1.807) is 24.4 Å². The van der Waals surface area contributed by atoms with Crippen LogP contribution in [0.2, 0.25) is 0 Å². The standard InChI is InChI=1S/C13H10N2O3S2/c1-7-8(6-14)12(20-10(7)13(17)18-2)15-11(16)9-4-3-5-19-9/h3-5H,1-2H3,(H,15,16). The summed E-state index contributed by atoms with van der Waals surface area (Å²) in [6, 6.07) is 5.46. The molecule has 2 heterocycles. The summed E-state index contributed by atoms with van der Waals surface area (Å²) >= 11 is 2.35. The molecule has 2 rings (SSSR count). The zero-order valence-corrected chi connectivity index (χ0v) is 12.4. The van der Waals surface area contributed by atoms with E-state index in [2.05, 4.69) is 10.1 Å². The summed E-state index contributed by atoms with van der Waals surface area (Å²) in [6.45, 7) is 1.65. The van der Waals surface area contributed by atoms with Gasteiger partial charge in [0.05, 0.1) is 17.6 Å². The van der Waals surface area contributed by atoms with Gasteiger partial charge < -0.3 is 10.1 Å². The second-order valence-electron chi connectivity index (χ2n) is 3.80. The van der Waals surface area contributed by atoms with Crippen molar-refractivity contribution in [2.75, 3.05) is 12.4 Å². The number of anilines is 1. The summed E-state index contributed by atoms with van der Waals surface area (Å²) in [4.78, 5) is 24.4. The van der Waals surface area contributed by atoms with Crippen molar-refractivity contribution in [3.8, 4) is 6.07 Å². The highest BCUT2D eigenvalue weighted by Gasteiger charge is 2.22. The third kappa shape index (κ3) is 2.57. The first-order valence-corrected chi connectivity index (χ1v) is 7.24. The van der Waals surface area contributed by atoms with E-state index in [-0.39, 0.29) is 5.91 Å². The van der Waals surface area contributed by atoms with E-state index in [0.29, 0.717) is 25.9 Å². The molecule has 20 heavy (non-hydrogen) atoms. The Morgan fingerprint density at radius 2 is 2.20 bits per heavy atom. The minimum Gasteiger partial charge on any atom is -0.465 e. The molecule has 0 spiro atoms. The predicted octanol–water partition coefficient (Wildman–Crippen LogP) is 3.03. The van der Waals surface area contributed by atoms with Gasteiger partial charge in [-0.25, -0.2) is 4.79 Å². The average molecular weight is 306 g/mol.